The van der Waals surface area contributed by atoms with Crippen LogP contribution in [0.1, 0.15) is 39.5 Å². The van der Waals surface area contributed by atoms with E-state index in [-0.39, 0.29) is 36.5 Å². The molecular weight excluding hydrogens is 396 g/mol. The number of nitrogens with one attached hydrogen (secondary N) is 1. The molecule has 1 unspecified atom stereocenters. The third kappa shape index (κ3) is 6.43. The second-order valence-corrected chi connectivity index (χ2v) is 9.16. The number of hydrogen-bond donors (Lipinski definition) is 1. The van der Waals surface area contributed by atoms with Crippen molar-refractivity contribution >= 4 is 21.9 Å². The summed E-state index contributed by atoms with van der Waals surface area (Å²) in [5, 5.41) is 2.78. The smallest absolute Gasteiger partial charge is 0.309 e. The molecule has 0 radical (unpaired) electrons. The molecule has 1 aromatic rings. The highest BCUT2D eigenvalue weighted by atomic mass is 32.2. The van der Waals surface area contributed by atoms with E-state index in [1.807, 2.05) is 13.8 Å². The zero-order valence-electron chi connectivity index (χ0n) is 17.2. The van der Waals surface area contributed by atoms with E-state index in [9.17, 15) is 18.0 Å². The maximum absolute atomic E-state index is 12.8. The number of methoxy groups -OCH3 is 1. The van der Waals surface area contributed by atoms with E-state index in [0.717, 1.165) is 12.8 Å². The minimum atomic E-state index is -3.62. The molecule has 1 heterocycles. The van der Waals surface area contributed by atoms with Crippen LogP contribution in [0.5, 0.6) is 5.75 Å². The normalized spacial score (nSPS) is 16.8. The summed E-state index contributed by atoms with van der Waals surface area (Å²) in [7, 11) is -2.10. The zero-order valence-corrected chi connectivity index (χ0v) is 18.0. The SMILES string of the molecule is CCCC(C)NC(=O)COC(=O)C1CCN(S(=O)(=O)c2ccc(OC)cc2)CC1. The molecule has 1 aromatic carbocycles. The third-order valence-corrected chi connectivity index (χ3v) is 6.87. The van der Waals surface area contributed by atoms with E-state index in [4.69, 9.17) is 9.47 Å². The number of ether oxygens (including phenoxy) is 2. The summed E-state index contributed by atoms with van der Waals surface area (Å²) in [6, 6.07) is 6.25. The van der Waals surface area contributed by atoms with Crippen LogP contribution in [0.2, 0.25) is 0 Å². The summed E-state index contributed by atoms with van der Waals surface area (Å²) in [4.78, 5) is 24.2. The van der Waals surface area contributed by atoms with E-state index in [1.54, 1.807) is 12.1 Å². The Bertz CT molecular complexity index is 786. The lowest BCUT2D eigenvalue weighted by Crippen LogP contribution is -2.41. The number of benzene rings is 1. The lowest BCUT2D eigenvalue weighted by Gasteiger charge is -2.30. The largest absolute Gasteiger partial charge is 0.497 e. The van der Waals surface area contributed by atoms with Gasteiger partial charge in [0.2, 0.25) is 10.0 Å². The van der Waals surface area contributed by atoms with Gasteiger partial charge in [0.1, 0.15) is 5.75 Å². The van der Waals surface area contributed by atoms with Gasteiger partial charge in [-0.3, -0.25) is 9.59 Å². The monoisotopic (exact) mass is 426 g/mol. The molecule has 9 heteroatoms. The Balaban J connectivity index is 1.83. The summed E-state index contributed by atoms with van der Waals surface area (Å²) >= 11 is 0. The van der Waals surface area contributed by atoms with Gasteiger partial charge in [-0.1, -0.05) is 13.3 Å². The van der Waals surface area contributed by atoms with Crippen molar-refractivity contribution in [2.45, 2.75) is 50.5 Å². The number of nitrogens with zero attached hydrogens (tertiary/aromatic N) is 1. The lowest BCUT2D eigenvalue weighted by atomic mass is 9.98. The zero-order chi connectivity index (χ0) is 21.4. The van der Waals surface area contributed by atoms with Crippen molar-refractivity contribution in [1.82, 2.24) is 9.62 Å². The van der Waals surface area contributed by atoms with Gasteiger partial charge in [-0.25, -0.2) is 8.42 Å². The van der Waals surface area contributed by atoms with Crippen LogP contribution in [0.4, 0.5) is 0 Å². The van der Waals surface area contributed by atoms with E-state index in [2.05, 4.69) is 5.32 Å². The summed E-state index contributed by atoms with van der Waals surface area (Å²) in [5.74, 6) is -0.597. The highest BCUT2D eigenvalue weighted by Gasteiger charge is 2.33. The molecule has 1 saturated heterocycles. The molecule has 2 rings (SSSR count). The fourth-order valence-electron chi connectivity index (χ4n) is 3.30. The maximum Gasteiger partial charge on any atom is 0.309 e. The Hall–Kier alpha value is -2.13. The topological polar surface area (TPSA) is 102 Å². The van der Waals surface area contributed by atoms with Crippen molar-refractivity contribution < 1.29 is 27.5 Å². The number of carbonyl (C=O) groups excluding carboxylic acids is 2. The van der Waals surface area contributed by atoms with E-state index in [1.165, 1.54) is 23.5 Å². The van der Waals surface area contributed by atoms with Crippen LogP contribution >= 0.6 is 0 Å². The molecule has 1 fully saturated rings. The van der Waals surface area contributed by atoms with Crippen molar-refractivity contribution in [3.05, 3.63) is 24.3 Å². The van der Waals surface area contributed by atoms with Crippen LogP contribution in [-0.2, 0) is 24.3 Å². The van der Waals surface area contributed by atoms with E-state index in [0.29, 0.717) is 18.6 Å². The second-order valence-electron chi connectivity index (χ2n) is 7.22. The van der Waals surface area contributed by atoms with E-state index < -0.39 is 21.9 Å². The molecule has 0 aliphatic carbocycles. The Morgan fingerprint density at radius 2 is 1.83 bits per heavy atom. The fourth-order valence-corrected chi connectivity index (χ4v) is 4.77. The first-order valence-corrected chi connectivity index (χ1v) is 11.3. The van der Waals surface area contributed by atoms with Crippen molar-refractivity contribution in [3.8, 4) is 5.75 Å². The van der Waals surface area contributed by atoms with Crippen LogP contribution in [-0.4, -0.2) is 57.4 Å². The fraction of sp³-hybridized carbons (Fsp3) is 0.600. The Morgan fingerprint density at radius 1 is 1.21 bits per heavy atom. The van der Waals surface area contributed by atoms with Gasteiger partial charge in [0.05, 0.1) is 17.9 Å². The lowest BCUT2D eigenvalue weighted by molar-refractivity contribution is -0.153. The number of rotatable bonds is 9. The predicted molar refractivity (Wildman–Crippen MR) is 108 cm³/mol. The predicted octanol–water partition coefficient (Wildman–Crippen LogP) is 1.94. The molecule has 0 spiro atoms. The van der Waals surface area contributed by atoms with Crippen LogP contribution < -0.4 is 10.1 Å². The minimum absolute atomic E-state index is 0.0394. The van der Waals surface area contributed by atoms with Crippen LogP contribution in [0, 0.1) is 5.92 Å². The first kappa shape index (κ1) is 23.2. The molecule has 162 valence electrons. The van der Waals surface area contributed by atoms with Gasteiger partial charge in [0, 0.05) is 19.1 Å². The van der Waals surface area contributed by atoms with Crippen LogP contribution in [0.3, 0.4) is 0 Å². The number of hydrogen-bond acceptors (Lipinski definition) is 6. The molecule has 0 saturated carbocycles. The first-order chi connectivity index (χ1) is 13.8. The highest BCUT2D eigenvalue weighted by Crippen LogP contribution is 2.25. The quantitative estimate of drug-likeness (QED) is 0.606. The van der Waals surface area contributed by atoms with Gasteiger partial charge in [-0.2, -0.15) is 4.31 Å². The molecule has 8 nitrogen and oxygen atoms in total. The average molecular weight is 427 g/mol. The molecule has 29 heavy (non-hydrogen) atoms. The number of esters is 1. The Labute approximate surface area is 172 Å². The molecule has 1 atom stereocenters. The number of amides is 1. The number of piperidine rings is 1. The van der Waals surface area contributed by atoms with Gasteiger partial charge in [-0.05, 0) is 50.5 Å². The van der Waals surface area contributed by atoms with Crippen molar-refractivity contribution in [3.63, 3.8) is 0 Å². The number of carbonyl (C=O) groups is 2. The second kappa shape index (κ2) is 10.6. The van der Waals surface area contributed by atoms with Gasteiger partial charge < -0.3 is 14.8 Å². The number of sulfonamides is 1. The molecule has 1 amide bonds. The Morgan fingerprint density at radius 3 is 2.38 bits per heavy atom. The van der Waals surface area contributed by atoms with Crippen molar-refractivity contribution in [2.75, 3.05) is 26.8 Å². The van der Waals surface area contributed by atoms with Gasteiger partial charge in [0.25, 0.3) is 5.91 Å². The summed E-state index contributed by atoms with van der Waals surface area (Å²) < 4.78 is 37.0. The average Bonchev–Trinajstić information content (AvgIpc) is 2.72. The maximum atomic E-state index is 12.8. The Kier molecular flexibility index (Phi) is 8.45. The third-order valence-electron chi connectivity index (χ3n) is 4.96. The van der Waals surface area contributed by atoms with Gasteiger partial charge >= 0.3 is 5.97 Å². The van der Waals surface area contributed by atoms with Gasteiger partial charge in [0.15, 0.2) is 6.61 Å². The van der Waals surface area contributed by atoms with Crippen molar-refractivity contribution in [1.29, 1.82) is 0 Å². The van der Waals surface area contributed by atoms with Gasteiger partial charge in [-0.15, -0.1) is 0 Å². The molecule has 1 aliphatic rings. The van der Waals surface area contributed by atoms with Crippen LogP contribution in [0.25, 0.3) is 0 Å². The summed E-state index contributed by atoms with van der Waals surface area (Å²) in [5.41, 5.74) is 0. The molecule has 0 bridgehead atoms. The molecule has 0 aromatic heterocycles. The minimum Gasteiger partial charge on any atom is -0.497 e. The van der Waals surface area contributed by atoms with E-state index >= 15 is 0 Å². The molecular formula is C20H30N2O6S. The summed E-state index contributed by atoms with van der Waals surface area (Å²) in [6.45, 7) is 4.09. The molecule has 1 N–H and O–H groups in total. The van der Waals surface area contributed by atoms with Crippen LogP contribution in [0.15, 0.2) is 29.2 Å². The summed E-state index contributed by atoms with van der Waals surface area (Å²) in [6.07, 6.45) is 2.55. The highest BCUT2D eigenvalue weighted by molar-refractivity contribution is 7.89. The van der Waals surface area contributed by atoms with Crippen molar-refractivity contribution in [2.24, 2.45) is 5.92 Å². The first-order valence-electron chi connectivity index (χ1n) is 9.88. The standard InChI is InChI=1S/C20H30N2O6S/c1-4-5-15(2)21-19(23)14-28-20(24)16-10-12-22(13-11-16)29(25,26)18-8-6-17(27-3)7-9-18/h6-9,15-16H,4-5,10-14H2,1-3H3,(H,21,23). The molecule has 1 aliphatic heterocycles.